The third kappa shape index (κ3) is 8.64. The molecule has 0 saturated carbocycles. The maximum Gasteiger partial charge on any atom is 0.303 e. The monoisotopic (exact) mass is 234 g/mol. The Kier molecular flexibility index (Phi) is 9.18. The van der Waals surface area contributed by atoms with Crippen LogP contribution in [0.25, 0.3) is 0 Å². The molecule has 0 fully saturated rings. The second-order valence-corrected chi connectivity index (χ2v) is 4.02. The first-order valence-corrected chi connectivity index (χ1v) is 5.76. The summed E-state index contributed by atoms with van der Waals surface area (Å²) >= 11 is 0. The van der Waals surface area contributed by atoms with Crippen LogP contribution in [-0.2, 0) is 4.79 Å². The zero-order chi connectivity index (χ0) is 12.4. The van der Waals surface area contributed by atoms with Gasteiger partial charge in [-0.1, -0.05) is 25.7 Å². The summed E-state index contributed by atoms with van der Waals surface area (Å²) in [6.45, 7) is -0.417. The van der Waals surface area contributed by atoms with Gasteiger partial charge < -0.3 is 20.4 Å². The van der Waals surface area contributed by atoms with Crippen molar-refractivity contribution in [3.8, 4) is 0 Å². The highest BCUT2D eigenvalue weighted by atomic mass is 16.4. The molecule has 0 aliphatic carbocycles. The van der Waals surface area contributed by atoms with E-state index in [-0.39, 0.29) is 6.42 Å². The summed E-state index contributed by atoms with van der Waals surface area (Å²) in [5.74, 6) is -0.763. The molecule has 0 aliphatic rings. The molecule has 2 unspecified atom stereocenters. The predicted molar refractivity (Wildman–Crippen MR) is 59.1 cm³/mol. The maximum absolute atomic E-state index is 10.2. The first kappa shape index (κ1) is 15.3. The molecule has 5 heteroatoms. The molecule has 96 valence electrons. The molecular weight excluding hydrogens is 212 g/mol. The van der Waals surface area contributed by atoms with Crippen molar-refractivity contribution in [2.24, 2.45) is 0 Å². The molecule has 0 aromatic heterocycles. The standard InChI is InChI=1S/C11H22O5/c12-8-10(14)9(13)6-4-2-1-3-5-7-11(15)16/h9-10,12-14H,1-8H2,(H,15,16). The van der Waals surface area contributed by atoms with Gasteiger partial charge in [-0.3, -0.25) is 4.79 Å². The lowest BCUT2D eigenvalue weighted by molar-refractivity contribution is -0.137. The zero-order valence-corrected chi connectivity index (χ0v) is 9.51. The van der Waals surface area contributed by atoms with Gasteiger partial charge in [0.15, 0.2) is 0 Å². The molecule has 0 radical (unpaired) electrons. The summed E-state index contributed by atoms with van der Waals surface area (Å²) in [6.07, 6.45) is 2.99. The first-order chi connectivity index (χ1) is 7.57. The van der Waals surface area contributed by atoms with Crippen LogP contribution in [0.5, 0.6) is 0 Å². The number of carboxylic acid groups (broad SMARTS) is 1. The van der Waals surface area contributed by atoms with Crippen LogP contribution in [0.1, 0.15) is 44.9 Å². The van der Waals surface area contributed by atoms with E-state index < -0.39 is 24.8 Å². The van der Waals surface area contributed by atoms with Gasteiger partial charge in [0.25, 0.3) is 0 Å². The van der Waals surface area contributed by atoms with Gasteiger partial charge in [0, 0.05) is 6.42 Å². The largest absolute Gasteiger partial charge is 0.481 e. The van der Waals surface area contributed by atoms with Crippen LogP contribution in [0.2, 0.25) is 0 Å². The molecule has 0 aliphatic heterocycles. The molecular formula is C11H22O5. The lowest BCUT2D eigenvalue weighted by Gasteiger charge is -2.14. The lowest BCUT2D eigenvalue weighted by Crippen LogP contribution is -2.28. The Bertz CT molecular complexity index is 183. The molecule has 0 spiro atoms. The number of carbonyl (C=O) groups is 1. The highest BCUT2D eigenvalue weighted by molar-refractivity contribution is 5.66. The molecule has 0 heterocycles. The second-order valence-electron chi connectivity index (χ2n) is 4.02. The van der Waals surface area contributed by atoms with Crippen molar-refractivity contribution in [3.63, 3.8) is 0 Å². The van der Waals surface area contributed by atoms with Crippen molar-refractivity contribution < 1.29 is 25.2 Å². The Morgan fingerprint density at radius 3 is 2.06 bits per heavy atom. The van der Waals surface area contributed by atoms with Crippen molar-refractivity contribution in [1.29, 1.82) is 0 Å². The van der Waals surface area contributed by atoms with Gasteiger partial charge in [0.05, 0.1) is 12.7 Å². The highest BCUT2D eigenvalue weighted by Crippen LogP contribution is 2.10. The average Bonchev–Trinajstić information content (AvgIpc) is 2.25. The minimum atomic E-state index is -1.05. The predicted octanol–water partition coefficient (Wildman–Crippen LogP) is 0.516. The van der Waals surface area contributed by atoms with Crippen LogP contribution in [0, 0.1) is 0 Å². The molecule has 0 aromatic rings. The van der Waals surface area contributed by atoms with E-state index in [2.05, 4.69) is 0 Å². The number of aliphatic hydroxyl groups excluding tert-OH is 3. The van der Waals surface area contributed by atoms with Crippen molar-refractivity contribution in [3.05, 3.63) is 0 Å². The van der Waals surface area contributed by atoms with Gasteiger partial charge in [-0.05, 0) is 12.8 Å². The Hall–Kier alpha value is -0.650. The molecule has 16 heavy (non-hydrogen) atoms. The zero-order valence-electron chi connectivity index (χ0n) is 9.51. The molecule has 0 rings (SSSR count). The van der Waals surface area contributed by atoms with E-state index in [1.165, 1.54) is 0 Å². The smallest absolute Gasteiger partial charge is 0.303 e. The van der Waals surface area contributed by atoms with Crippen LogP contribution in [0.15, 0.2) is 0 Å². The summed E-state index contributed by atoms with van der Waals surface area (Å²) in [4.78, 5) is 10.2. The third-order valence-electron chi connectivity index (χ3n) is 2.52. The van der Waals surface area contributed by atoms with E-state index in [1.807, 2.05) is 0 Å². The van der Waals surface area contributed by atoms with Gasteiger partial charge in [-0.25, -0.2) is 0 Å². The number of aliphatic hydroxyl groups is 3. The summed E-state index contributed by atoms with van der Waals surface area (Å²) in [6, 6.07) is 0. The summed E-state index contributed by atoms with van der Waals surface area (Å²) < 4.78 is 0. The Morgan fingerprint density at radius 2 is 1.50 bits per heavy atom. The normalized spacial score (nSPS) is 14.7. The molecule has 2 atom stereocenters. The van der Waals surface area contributed by atoms with E-state index in [0.717, 1.165) is 25.7 Å². The van der Waals surface area contributed by atoms with Crippen molar-refractivity contribution in [1.82, 2.24) is 0 Å². The highest BCUT2D eigenvalue weighted by Gasteiger charge is 2.13. The fourth-order valence-electron chi connectivity index (χ4n) is 1.47. The fraction of sp³-hybridized carbons (Fsp3) is 0.909. The number of hydrogen-bond acceptors (Lipinski definition) is 4. The minimum absolute atomic E-state index is 0.214. The maximum atomic E-state index is 10.2. The van der Waals surface area contributed by atoms with Crippen molar-refractivity contribution >= 4 is 5.97 Å². The van der Waals surface area contributed by atoms with Gasteiger partial charge >= 0.3 is 5.97 Å². The molecule has 0 saturated heterocycles. The Balaban J connectivity index is 3.23. The lowest BCUT2D eigenvalue weighted by atomic mass is 10.0. The van der Waals surface area contributed by atoms with Crippen LogP contribution in [-0.4, -0.2) is 45.2 Å². The molecule has 4 N–H and O–H groups in total. The fourth-order valence-corrected chi connectivity index (χ4v) is 1.47. The molecule has 0 bridgehead atoms. The van der Waals surface area contributed by atoms with E-state index in [9.17, 15) is 9.90 Å². The van der Waals surface area contributed by atoms with E-state index in [1.54, 1.807) is 0 Å². The van der Waals surface area contributed by atoms with Crippen LogP contribution >= 0.6 is 0 Å². The number of hydrogen-bond donors (Lipinski definition) is 4. The topological polar surface area (TPSA) is 98.0 Å². The van der Waals surface area contributed by atoms with Gasteiger partial charge in [0.1, 0.15) is 6.10 Å². The van der Waals surface area contributed by atoms with E-state index >= 15 is 0 Å². The first-order valence-electron chi connectivity index (χ1n) is 5.76. The molecule has 0 amide bonds. The Labute approximate surface area is 95.7 Å². The summed E-state index contributed by atoms with van der Waals surface area (Å²) in [5, 5.41) is 35.3. The van der Waals surface area contributed by atoms with Gasteiger partial charge in [-0.2, -0.15) is 0 Å². The van der Waals surface area contributed by atoms with Crippen LogP contribution in [0.3, 0.4) is 0 Å². The quantitative estimate of drug-likeness (QED) is 0.413. The van der Waals surface area contributed by atoms with Crippen LogP contribution in [0.4, 0.5) is 0 Å². The SMILES string of the molecule is O=C(O)CCCCCCCC(O)C(O)CO. The number of rotatable bonds is 10. The van der Waals surface area contributed by atoms with Crippen molar-refractivity contribution in [2.45, 2.75) is 57.2 Å². The average molecular weight is 234 g/mol. The second kappa shape index (κ2) is 9.57. The number of aliphatic carboxylic acids is 1. The third-order valence-corrected chi connectivity index (χ3v) is 2.52. The molecule has 0 aromatic carbocycles. The van der Waals surface area contributed by atoms with Crippen LogP contribution < -0.4 is 0 Å². The van der Waals surface area contributed by atoms with Gasteiger partial charge in [0.2, 0.25) is 0 Å². The Morgan fingerprint density at radius 1 is 0.938 bits per heavy atom. The van der Waals surface area contributed by atoms with Gasteiger partial charge in [-0.15, -0.1) is 0 Å². The molecule has 5 nitrogen and oxygen atoms in total. The van der Waals surface area contributed by atoms with E-state index in [4.69, 9.17) is 15.3 Å². The minimum Gasteiger partial charge on any atom is -0.481 e. The summed E-state index contributed by atoms with van der Waals surface area (Å²) in [5.41, 5.74) is 0. The summed E-state index contributed by atoms with van der Waals surface area (Å²) in [7, 11) is 0. The number of unbranched alkanes of at least 4 members (excludes halogenated alkanes) is 4. The van der Waals surface area contributed by atoms with E-state index in [0.29, 0.717) is 12.8 Å². The van der Waals surface area contributed by atoms with Crippen molar-refractivity contribution in [2.75, 3.05) is 6.61 Å². The number of carboxylic acids is 1.